The van der Waals surface area contributed by atoms with E-state index in [4.69, 9.17) is 5.11 Å². The SMILES string of the molecule is Cc1ccc(N(C)c2ccnc(C(=O)O)c2)c(C)c1. The summed E-state index contributed by atoms with van der Waals surface area (Å²) in [6.45, 7) is 4.09. The third-order valence-electron chi connectivity index (χ3n) is 3.06. The van der Waals surface area contributed by atoms with Crippen molar-refractivity contribution >= 4 is 17.3 Å². The first kappa shape index (κ1) is 13.1. The first-order chi connectivity index (χ1) is 8.99. The summed E-state index contributed by atoms with van der Waals surface area (Å²) < 4.78 is 0. The molecule has 1 N–H and O–H groups in total. The number of pyridine rings is 1. The van der Waals surface area contributed by atoms with Crippen LogP contribution in [0.4, 0.5) is 11.4 Å². The monoisotopic (exact) mass is 256 g/mol. The molecule has 0 saturated heterocycles. The molecule has 2 aromatic rings. The van der Waals surface area contributed by atoms with Crippen molar-refractivity contribution in [2.45, 2.75) is 13.8 Å². The molecule has 0 bridgehead atoms. The number of carbonyl (C=O) groups is 1. The van der Waals surface area contributed by atoms with Crippen LogP contribution in [0.25, 0.3) is 0 Å². The lowest BCUT2D eigenvalue weighted by molar-refractivity contribution is 0.0690. The molecule has 2 rings (SSSR count). The lowest BCUT2D eigenvalue weighted by Gasteiger charge is -2.22. The van der Waals surface area contributed by atoms with Gasteiger partial charge in [0.2, 0.25) is 0 Å². The Hall–Kier alpha value is -2.36. The minimum Gasteiger partial charge on any atom is -0.477 e. The molecule has 1 aromatic heterocycles. The highest BCUT2D eigenvalue weighted by atomic mass is 16.4. The highest BCUT2D eigenvalue weighted by molar-refractivity contribution is 5.87. The molecule has 19 heavy (non-hydrogen) atoms. The van der Waals surface area contributed by atoms with Crippen molar-refractivity contribution in [2.75, 3.05) is 11.9 Å². The molecular formula is C15H16N2O2. The maximum Gasteiger partial charge on any atom is 0.354 e. The number of anilines is 2. The highest BCUT2D eigenvalue weighted by Crippen LogP contribution is 2.27. The molecule has 0 fully saturated rings. The molecule has 4 nitrogen and oxygen atoms in total. The van der Waals surface area contributed by atoms with Crippen molar-refractivity contribution in [3.05, 3.63) is 53.3 Å². The third-order valence-corrected chi connectivity index (χ3v) is 3.06. The van der Waals surface area contributed by atoms with Gasteiger partial charge in [-0.05, 0) is 37.6 Å². The molecule has 1 aromatic carbocycles. The molecule has 4 heteroatoms. The van der Waals surface area contributed by atoms with Crippen molar-refractivity contribution in [3.63, 3.8) is 0 Å². The number of benzene rings is 1. The Morgan fingerprint density at radius 1 is 1.21 bits per heavy atom. The van der Waals surface area contributed by atoms with Gasteiger partial charge in [-0.3, -0.25) is 0 Å². The maximum absolute atomic E-state index is 10.9. The van der Waals surface area contributed by atoms with Crippen LogP contribution in [-0.4, -0.2) is 23.1 Å². The Morgan fingerprint density at radius 3 is 2.58 bits per heavy atom. The summed E-state index contributed by atoms with van der Waals surface area (Å²) in [6, 6.07) is 9.54. The number of rotatable bonds is 3. The van der Waals surface area contributed by atoms with Crippen molar-refractivity contribution in [1.29, 1.82) is 0 Å². The van der Waals surface area contributed by atoms with E-state index >= 15 is 0 Å². The summed E-state index contributed by atoms with van der Waals surface area (Å²) in [4.78, 5) is 16.7. The van der Waals surface area contributed by atoms with Crippen LogP contribution in [0.1, 0.15) is 21.6 Å². The highest BCUT2D eigenvalue weighted by Gasteiger charge is 2.10. The Morgan fingerprint density at radius 2 is 1.95 bits per heavy atom. The molecular weight excluding hydrogens is 240 g/mol. The fourth-order valence-electron chi connectivity index (χ4n) is 2.07. The van der Waals surface area contributed by atoms with Gasteiger partial charge in [-0.1, -0.05) is 17.7 Å². The second kappa shape index (κ2) is 5.10. The van der Waals surface area contributed by atoms with Crippen LogP contribution in [-0.2, 0) is 0 Å². The van der Waals surface area contributed by atoms with Crippen molar-refractivity contribution < 1.29 is 9.90 Å². The van der Waals surface area contributed by atoms with Crippen LogP contribution in [0.3, 0.4) is 0 Å². The summed E-state index contributed by atoms with van der Waals surface area (Å²) in [6.07, 6.45) is 1.51. The van der Waals surface area contributed by atoms with E-state index < -0.39 is 5.97 Å². The van der Waals surface area contributed by atoms with Gasteiger partial charge < -0.3 is 10.0 Å². The van der Waals surface area contributed by atoms with E-state index in [0.717, 1.165) is 16.9 Å². The largest absolute Gasteiger partial charge is 0.477 e. The lowest BCUT2D eigenvalue weighted by Crippen LogP contribution is -2.12. The number of aryl methyl sites for hydroxylation is 2. The molecule has 0 atom stereocenters. The molecule has 0 spiro atoms. The second-order valence-corrected chi connectivity index (χ2v) is 4.55. The van der Waals surface area contributed by atoms with Crippen molar-refractivity contribution in [1.82, 2.24) is 4.98 Å². The number of aromatic carboxylic acids is 1. The van der Waals surface area contributed by atoms with E-state index in [1.807, 2.05) is 37.9 Å². The Balaban J connectivity index is 2.41. The van der Waals surface area contributed by atoms with Crippen LogP contribution in [0.2, 0.25) is 0 Å². The van der Waals surface area contributed by atoms with Gasteiger partial charge in [-0.25, -0.2) is 9.78 Å². The number of hydrogen-bond acceptors (Lipinski definition) is 3. The fraction of sp³-hybridized carbons (Fsp3) is 0.200. The minimum atomic E-state index is -1.02. The van der Waals surface area contributed by atoms with Gasteiger partial charge in [0.1, 0.15) is 5.69 Å². The number of carboxylic acid groups (broad SMARTS) is 1. The van der Waals surface area contributed by atoms with E-state index in [0.29, 0.717) is 0 Å². The zero-order chi connectivity index (χ0) is 14.0. The molecule has 0 unspecified atom stereocenters. The van der Waals surface area contributed by atoms with Crippen LogP contribution >= 0.6 is 0 Å². The number of hydrogen-bond donors (Lipinski definition) is 1. The predicted molar refractivity (Wildman–Crippen MR) is 75.2 cm³/mol. The predicted octanol–water partition coefficient (Wildman–Crippen LogP) is 3.16. The van der Waals surface area contributed by atoms with Crippen LogP contribution < -0.4 is 4.90 Å². The Labute approximate surface area is 112 Å². The van der Waals surface area contributed by atoms with Gasteiger partial charge in [0.15, 0.2) is 0 Å². The van der Waals surface area contributed by atoms with E-state index in [1.165, 1.54) is 11.8 Å². The average molecular weight is 256 g/mol. The van der Waals surface area contributed by atoms with Gasteiger partial charge >= 0.3 is 5.97 Å². The fourth-order valence-corrected chi connectivity index (χ4v) is 2.07. The lowest BCUT2D eigenvalue weighted by atomic mass is 10.1. The Kier molecular flexibility index (Phi) is 3.51. The maximum atomic E-state index is 10.9. The van der Waals surface area contributed by atoms with Crippen LogP contribution in [0.15, 0.2) is 36.5 Å². The smallest absolute Gasteiger partial charge is 0.354 e. The summed E-state index contributed by atoms with van der Waals surface area (Å²) in [7, 11) is 1.92. The zero-order valence-corrected chi connectivity index (χ0v) is 11.2. The second-order valence-electron chi connectivity index (χ2n) is 4.55. The molecule has 0 aliphatic rings. The average Bonchev–Trinajstić information content (AvgIpc) is 2.38. The van der Waals surface area contributed by atoms with Crippen LogP contribution in [0.5, 0.6) is 0 Å². The van der Waals surface area contributed by atoms with E-state index in [1.54, 1.807) is 12.1 Å². The minimum absolute atomic E-state index is 0.0501. The molecule has 0 aliphatic carbocycles. The summed E-state index contributed by atoms with van der Waals surface area (Å²) >= 11 is 0. The quantitative estimate of drug-likeness (QED) is 0.916. The van der Waals surface area contributed by atoms with Gasteiger partial charge in [0, 0.05) is 24.6 Å². The molecule has 0 radical (unpaired) electrons. The topological polar surface area (TPSA) is 53.4 Å². The number of nitrogens with zero attached hydrogens (tertiary/aromatic N) is 2. The standard InChI is InChI=1S/C15H16N2O2/c1-10-4-5-14(11(2)8-10)17(3)12-6-7-16-13(9-12)15(18)19/h4-9H,1-3H3,(H,18,19). The molecule has 0 amide bonds. The summed E-state index contributed by atoms with van der Waals surface area (Å²) in [5.74, 6) is -1.02. The first-order valence-electron chi connectivity index (χ1n) is 5.99. The van der Waals surface area contributed by atoms with Gasteiger partial charge in [-0.2, -0.15) is 0 Å². The van der Waals surface area contributed by atoms with E-state index in [2.05, 4.69) is 11.1 Å². The third kappa shape index (κ3) is 2.73. The summed E-state index contributed by atoms with van der Waals surface area (Å²) in [5, 5.41) is 8.97. The molecule has 0 saturated carbocycles. The summed E-state index contributed by atoms with van der Waals surface area (Å²) in [5.41, 5.74) is 4.26. The molecule has 1 heterocycles. The van der Waals surface area contributed by atoms with Crippen LogP contribution in [0, 0.1) is 13.8 Å². The van der Waals surface area contributed by atoms with E-state index in [-0.39, 0.29) is 5.69 Å². The zero-order valence-electron chi connectivity index (χ0n) is 11.2. The van der Waals surface area contributed by atoms with Crippen molar-refractivity contribution in [3.8, 4) is 0 Å². The van der Waals surface area contributed by atoms with Gasteiger partial charge in [-0.15, -0.1) is 0 Å². The molecule has 98 valence electrons. The Bertz CT molecular complexity index is 623. The number of aromatic nitrogens is 1. The van der Waals surface area contributed by atoms with Gasteiger partial charge in [0.25, 0.3) is 0 Å². The van der Waals surface area contributed by atoms with Crippen molar-refractivity contribution in [2.24, 2.45) is 0 Å². The first-order valence-corrected chi connectivity index (χ1v) is 5.99. The van der Waals surface area contributed by atoms with E-state index in [9.17, 15) is 4.79 Å². The normalized spacial score (nSPS) is 10.3. The van der Waals surface area contributed by atoms with Gasteiger partial charge in [0.05, 0.1) is 0 Å². The molecule has 0 aliphatic heterocycles. The number of carboxylic acids is 1.